The van der Waals surface area contributed by atoms with E-state index in [1.54, 1.807) is 0 Å². The highest BCUT2D eigenvalue weighted by molar-refractivity contribution is 5.73. The van der Waals surface area contributed by atoms with Crippen LogP contribution in [0.3, 0.4) is 0 Å². The monoisotopic (exact) mass is 223 g/mol. The van der Waals surface area contributed by atoms with Crippen molar-refractivity contribution in [2.24, 2.45) is 0 Å². The molecule has 0 saturated carbocycles. The third-order valence-electron chi connectivity index (χ3n) is 2.27. The van der Waals surface area contributed by atoms with E-state index < -0.39 is 12.0 Å². The fourth-order valence-electron chi connectivity index (χ4n) is 1.45. The van der Waals surface area contributed by atoms with Gasteiger partial charge < -0.3 is 9.84 Å². The minimum atomic E-state index is -0.894. The van der Waals surface area contributed by atoms with Crippen LogP contribution in [0.1, 0.15) is 11.1 Å². The molecule has 0 fully saturated rings. The summed E-state index contributed by atoms with van der Waals surface area (Å²) in [4.78, 5) is 10.8. The van der Waals surface area contributed by atoms with E-state index in [1.165, 1.54) is 7.11 Å². The number of carboxylic acid groups (broad SMARTS) is 1. The first-order valence-electron chi connectivity index (χ1n) is 5.14. The van der Waals surface area contributed by atoms with Crippen LogP contribution in [0.15, 0.2) is 24.3 Å². The lowest BCUT2D eigenvalue weighted by Crippen LogP contribution is -2.39. The molecule has 0 bridgehead atoms. The third kappa shape index (κ3) is 4.00. The predicted octanol–water partition coefficient (Wildman–Crippen LogP) is 1.18. The number of carbonyl (C=O) groups is 1. The summed E-state index contributed by atoms with van der Waals surface area (Å²) in [6.07, 6.45) is 0. The number of nitrogens with one attached hydrogen (secondary N) is 1. The summed E-state index contributed by atoms with van der Waals surface area (Å²) in [6, 6.07) is 7.29. The maximum Gasteiger partial charge on any atom is 0.323 e. The minimum absolute atomic E-state index is 0.168. The van der Waals surface area contributed by atoms with E-state index in [0.717, 1.165) is 11.1 Å². The topological polar surface area (TPSA) is 58.6 Å². The molecule has 0 heterocycles. The standard InChI is InChI=1S/C12H17NO3/c1-9-4-3-5-10(6-9)7-13-11(8-16-2)12(14)15/h3-6,11,13H,7-8H2,1-2H3,(H,14,15). The van der Waals surface area contributed by atoms with Gasteiger partial charge >= 0.3 is 5.97 Å². The van der Waals surface area contributed by atoms with Crippen LogP contribution < -0.4 is 5.32 Å². The Hall–Kier alpha value is -1.39. The zero-order valence-corrected chi connectivity index (χ0v) is 9.56. The quantitative estimate of drug-likeness (QED) is 0.760. The maximum atomic E-state index is 10.8. The number of aryl methyl sites for hydroxylation is 1. The molecule has 0 aliphatic heterocycles. The predicted molar refractivity (Wildman–Crippen MR) is 61.3 cm³/mol. The van der Waals surface area contributed by atoms with Gasteiger partial charge in [0.2, 0.25) is 0 Å². The summed E-state index contributed by atoms with van der Waals surface area (Å²) in [5.41, 5.74) is 2.24. The lowest BCUT2D eigenvalue weighted by Gasteiger charge is -2.13. The Morgan fingerprint density at radius 3 is 2.88 bits per heavy atom. The van der Waals surface area contributed by atoms with Crippen molar-refractivity contribution in [3.8, 4) is 0 Å². The molecule has 4 nitrogen and oxygen atoms in total. The fourth-order valence-corrected chi connectivity index (χ4v) is 1.45. The Kier molecular flexibility index (Phi) is 4.95. The van der Waals surface area contributed by atoms with Crippen molar-refractivity contribution in [3.63, 3.8) is 0 Å². The summed E-state index contributed by atoms with van der Waals surface area (Å²) >= 11 is 0. The molecule has 1 atom stereocenters. The van der Waals surface area contributed by atoms with Crippen LogP contribution in [0.2, 0.25) is 0 Å². The molecule has 0 aliphatic rings. The van der Waals surface area contributed by atoms with Crippen molar-refractivity contribution in [3.05, 3.63) is 35.4 Å². The highest BCUT2D eigenvalue weighted by Gasteiger charge is 2.15. The number of methoxy groups -OCH3 is 1. The van der Waals surface area contributed by atoms with Gasteiger partial charge in [-0.25, -0.2) is 0 Å². The number of ether oxygens (including phenoxy) is 1. The molecule has 4 heteroatoms. The van der Waals surface area contributed by atoms with Gasteiger partial charge in [0.25, 0.3) is 0 Å². The Morgan fingerprint density at radius 2 is 2.31 bits per heavy atom. The molecular formula is C12H17NO3. The number of carboxylic acids is 1. The summed E-state index contributed by atoms with van der Waals surface area (Å²) in [5, 5.41) is 11.8. The van der Waals surface area contributed by atoms with Crippen LogP contribution in [-0.4, -0.2) is 30.8 Å². The molecular weight excluding hydrogens is 206 g/mol. The van der Waals surface area contributed by atoms with Gasteiger partial charge in [-0.3, -0.25) is 10.1 Å². The van der Waals surface area contributed by atoms with Gasteiger partial charge in [0, 0.05) is 13.7 Å². The van der Waals surface area contributed by atoms with Crippen molar-refractivity contribution in [1.82, 2.24) is 5.32 Å². The van der Waals surface area contributed by atoms with Crippen LogP contribution >= 0.6 is 0 Å². The van der Waals surface area contributed by atoms with Crippen LogP contribution in [0, 0.1) is 6.92 Å². The molecule has 16 heavy (non-hydrogen) atoms. The van der Waals surface area contributed by atoms with Crippen molar-refractivity contribution in [2.75, 3.05) is 13.7 Å². The molecule has 0 amide bonds. The van der Waals surface area contributed by atoms with E-state index in [9.17, 15) is 4.79 Å². The molecule has 0 spiro atoms. The van der Waals surface area contributed by atoms with Crippen LogP contribution in [-0.2, 0) is 16.1 Å². The number of benzene rings is 1. The lowest BCUT2D eigenvalue weighted by atomic mass is 10.1. The van der Waals surface area contributed by atoms with E-state index in [0.29, 0.717) is 6.54 Å². The molecule has 2 N–H and O–H groups in total. The Morgan fingerprint density at radius 1 is 1.56 bits per heavy atom. The number of hydrogen-bond acceptors (Lipinski definition) is 3. The number of aliphatic carboxylic acids is 1. The summed E-state index contributed by atoms with van der Waals surface area (Å²) in [5.74, 6) is -0.894. The summed E-state index contributed by atoms with van der Waals surface area (Å²) in [7, 11) is 1.49. The molecule has 1 rings (SSSR count). The first-order valence-corrected chi connectivity index (χ1v) is 5.14. The van der Waals surface area contributed by atoms with E-state index >= 15 is 0 Å². The van der Waals surface area contributed by atoms with Crippen LogP contribution in [0.4, 0.5) is 0 Å². The smallest absolute Gasteiger partial charge is 0.323 e. The first kappa shape index (κ1) is 12.7. The van der Waals surface area contributed by atoms with Gasteiger partial charge in [-0.15, -0.1) is 0 Å². The second kappa shape index (κ2) is 6.25. The largest absolute Gasteiger partial charge is 0.480 e. The Bertz CT molecular complexity index is 352. The highest BCUT2D eigenvalue weighted by Crippen LogP contribution is 2.03. The molecule has 0 radical (unpaired) electrons. The van der Waals surface area contributed by atoms with Gasteiger partial charge in [-0.2, -0.15) is 0 Å². The molecule has 1 aromatic carbocycles. The average Bonchev–Trinajstić information content (AvgIpc) is 2.24. The Labute approximate surface area is 95.2 Å². The normalized spacial score (nSPS) is 12.4. The Balaban J connectivity index is 2.51. The first-order chi connectivity index (χ1) is 7.63. The SMILES string of the molecule is COCC(NCc1cccc(C)c1)C(=O)O. The minimum Gasteiger partial charge on any atom is -0.480 e. The molecule has 0 aliphatic carbocycles. The van der Waals surface area contributed by atoms with Crippen molar-refractivity contribution in [2.45, 2.75) is 19.5 Å². The van der Waals surface area contributed by atoms with Gasteiger partial charge in [0.15, 0.2) is 0 Å². The van der Waals surface area contributed by atoms with Crippen molar-refractivity contribution >= 4 is 5.97 Å². The zero-order chi connectivity index (χ0) is 12.0. The molecule has 0 aromatic heterocycles. The van der Waals surface area contributed by atoms with Crippen molar-refractivity contribution < 1.29 is 14.6 Å². The fraction of sp³-hybridized carbons (Fsp3) is 0.417. The van der Waals surface area contributed by atoms with Gasteiger partial charge in [-0.05, 0) is 12.5 Å². The average molecular weight is 223 g/mol. The summed E-state index contributed by atoms with van der Waals surface area (Å²) in [6.45, 7) is 2.70. The van der Waals surface area contributed by atoms with Crippen LogP contribution in [0.25, 0.3) is 0 Å². The second-order valence-corrected chi connectivity index (χ2v) is 3.72. The number of hydrogen-bond donors (Lipinski definition) is 2. The third-order valence-corrected chi connectivity index (χ3v) is 2.27. The lowest BCUT2D eigenvalue weighted by molar-refractivity contribution is -0.140. The molecule has 0 saturated heterocycles. The second-order valence-electron chi connectivity index (χ2n) is 3.72. The molecule has 1 aromatic rings. The highest BCUT2D eigenvalue weighted by atomic mass is 16.5. The van der Waals surface area contributed by atoms with Gasteiger partial charge in [-0.1, -0.05) is 29.8 Å². The maximum absolute atomic E-state index is 10.8. The van der Waals surface area contributed by atoms with Gasteiger partial charge in [0.1, 0.15) is 6.04 Å². The van der Waals surface area contributed by atoms with Crippen LogP contribution in [0.5, 0.6) is 0 Å². The van der Waals surface area contributed by atoms with Gasteiger partial charge in [0.05, 0.1) is 6.61 Å². The van der Waals surface area contributed by atoms with Crippen molar-refractivity contribution in [1.29, 1.82) is 0 Å². The summed E-state index contributed by atoms with van der Waals surface area (Å²) < 4.78 is 4.83. The zero-order valence-electron chi connectivity index (χ0n) is 9.56. The molecule has 1 unspecified atom stereocenters. The van der Waals surface area contributed by atoms with E-state index in [1.807, 2.05) is 31.2 Å². The molecule has 88 valence electrons. The van der Waals surface area contributed by atoms with E-state index in [2.05, 4.69) is 5.32 Å². The van der Waals surface area contributed by atoms with E-state index in [4.69, 9.17) is 9.84 Å². The van der Waals surface area contributed by atoms with E-state index in [-0.39, 0.29) is 6.61 Å². The number of rotatable bonds is 6.